The molecule has 0 amide bonds. The van der Waals surface area contributed by atoms with Gasteiger partial charge in [0.2, 0.25) is 0 Å². The molecule has 1 nitrogen and oxygen atoms in total. The average molecular weight is 200 g/mol. The lowest BCUT2D eigenvalue weighted by Crippen LogP contribution is -2.29. The Balaban J connectivity index is 3.91. The van der Waals surface area contributed by atoms with E-state index in [1.54, 1.807) is 0 Å². The highest BCUT2D eigenvalue weighted by atomic mass is 28.3. The van der Waals surface area contributed by atoms with Crippen LogP contribution < -0.4 is 0 Å². The molecule has 0 fully saturated rings. The van der Waals surface area contributed by atoms with E-state index in [9.17, 15) is 5.11 Å². The van der Waals surface area contributed by atoms with Gasteiger partial charge in [0, 0.05) is 6.61 Å². The van der Waals surface area contributed by atoms with E-state index < -0.39 is 8.07 Å². The van der Waals surface area contributed by atoms with Gasteiger partial charge in [-0.3, -0.25) is 0 Å². The summed E-state index contributed by atoms with van der Waals surface area (Å²) in [5.41, 5.74) is 0.435. The number of unbranched alkanes of at least 4 members (excludes halogenated alkanes) is 2. The van der Waals surface area contributed by atoms with Crippen LogP contribution in [0, 0.1) is 0 Å². The van der Waals surface area contributed by atoms with Crippen LogP contribution in [0.4, 0.5) is 0 Å². The van der Waals surface area contributed by atoms with Gasteiger partial charge in [-0.15, -0.1) is 0 Å². The van der Waals surface area contributed by atoms with Crippen molar-refractivity contribution in [2.24, 2.45) is 0 Å². The fourth-order valence-corrected chi connectivity index (χ4v) is 2.47. The van der Waals surface area contributed by atoms with Gasteiger partial charge >= 0.3 is 0 Å². The Morgan fingerprint density at radius 2 is 1.92 bits per heavy atom. The summed E-state index contributed by atoms with van der Waals surface area (Å²) in [6, 6.07) is 0. The normalized spacial score (nSPS) is 15.2. The molecule has 0 heterocycles. The third kappa shape index (κ3) is 6.05. The summed E-state index contributed by atoms with van der Waals surface area (Å²) >= 11 is 0. The van der Waals surface area contributed by atoms with Crippen molar-refractivity contribution >= 4 is 8.07 Å². The van der Waals surface area contributed by atoms with Gasteiger partial charge in [-0.2, -0.15) is 0 Å². The van der Waals surface area contributed by atoms with E-state index in [1.165, 1.54) is 12.8 Å². The monoisotopic (exact) mass is 200 g/mol. The van der Waals surface area contributed by atoms with Gasteiger partial charge in [-0.25, -0.2) is 0 Å². The number of allylic oxidation sites excluding steroid dienone is 1. The molecule has 0 aliphatic heterocycles. The predicted molar refractivity (Wildman–Crippen MR) is 62.8 cm³/mol. The zero-order valence-corrected chi connectivity index (χ0v) is 10.5. The molecular formula is C11H24OSi. The summed E-state index contributed by atoms with van der Waals surface area (Å²) in [5.74, 6) is 0. The number of aliphatic hydroxyl groups excluding tert-OH is 1. The summed E-state index contributed by atoms with van der Waals surface area (Å²) in [6.45, 7) is 9.43. The summed E-state index contributed by atoms with van der Waals surface area (Å²) < 4.78 is 0. The molecule has 78 valence electrons. The van der Waals surface area contributed by atoms with E-state index >= 15 is 0 Å². The first-order valence-corrected chi connectivity index (χ1v) is 8.87. The summed E-state index contributed by atoms with van der Waals surface area (Å²) in [6.07, 6.45) is 8.14. The highest BCUT2D eigenvalue weighted by Gasteiger charge is 2.22. The SMILES string of the molecule is CCCC/C=C/[C@H](CO)[Si](C)(C)C. The molecule has 0 aromatic rings. The maximum atomic E-state index is 9.20. The minimum absolute atomic E-state index is 0.318. The number of hydrogen-bond acceptors (Lipinski definition) is 1. The van der Waals surface area contributed by atoms with E-state index in [0.717, 1.165) is 6.42 Å². The average Bonchev–Trinajstić information content (AvgIpc) is 2.02. The van der Waals surface area contributed by atoms with Gasteiger partial charge in [0.15, 0.2) is 0 Å². The summed E-state index contributed by atoms with van der Waals surface area (Å²) in [5, 5.41) is 9.20. The van der Waals surface area contributed by atoms with Crippen molar-refractivity contribution in [1.82, 2.24) is 0 Å². The molecule has 0 aromatic heterocycles. The zero-order chi connectivity index (χ0) is 10.3. The zero-order valence-electron chi connectivity index (χ0n) is 9.51. The van der Waals surface area contributed by atoms with E-state index in [4.69, 9.17) is 0 Å². The van der Waals surface area contributed by atoms with Crippen molar-refractivity contribution in [3.63, 3.8) is 0 Å². The van der Waals surface area contributed by atoms with Crippen molar-refractivity contribution in [1.29, 1.82) is 0 Å². The largest absolute Gasteiger partial charge is 0.396 e. The van der Waals surface area contributed by atoms with E-state index in [-0.39, 0.29) is 0 Å². The Kier molecular flexibility index (Phi) is 6.34. The third-order valence-corrected chi connectivity index (χ3v) is 5.00. The van der Waals surface area contributed by atoms with Crippen LogP contribution in [0.5, 0.6) is 0 Å². The quantitative estimate of drug-likeness (QED) is 0.396. The van der Waals surface area contributed by atoms with Gasteiger partial charge in [-0.05, 0) is 12.0 Å². The van der Waals surface area contributed by atoms with E-state index in [0.29, 0.717) is 12.1 Å². The topological polar surface area (TPSA) is 20.2 Å². The molecule has 0 spiro atoms. The molecule has 0 radical (unpaired) electrons. The Morgan fingerprint density at radius 1 is 1.31 bits per heavy atom. The maximum absolute atomic E-state index is 9.20. The van der Waals surface area contributed by atoms with Gasteiger partial charge in [0.05, 0.1) is 8.07 Å². The van der Waals surface area contributed by atoms with Crippen LogP contribution in [0.25, 0.3) is 0 Å². The van der Waals surface area contributed by atoms with Gasteiger partial charge in [0.25, 0.3) is 0 Å². The van der Waals surface area contributed by atoms with E-state index in [2.05, 4.69) is 38.7 Å². The molecule has 0 bridgehead atoms. The number of aliphatic hydroxyl groups is 1. The second-order valence-electron chi connectivity index (χ2n) is 4.73. The van der Waals surface area contributed by atoms with Crippen molar-refractivity contribution in [2.45, 2.75) is 51.4 Å². The molecule has 0 aliphatic rings. The smallest absolute Gasteiger partial charge is 0.0542 e. The highest BCUT2D eigenvalue weighted by molar-refractivity contribution is 6.78. The molecule has 0 aliphatic carbocycles. The summed E-state index contributed by atoms with van der Waals surface area (Å²) in [7, 11) is -1.18. The Morgan fingerprint density at radius 3 is 2.31 bits per heavy atom. The minimum atomic E-state index is -1.18. The van der Waals surface area contributed by atoms with Crippen LogP contribution in [0.1, 0.15) is 26.2 Å². The van der Waals surface area contributed by atoms with Crippen LogP contribution in [-0.4, -0.2) is 19.8 Å². The molecule has 2 heteroatoms. The molecule has 0 saturated carbocycles. The minimum Gasteiger partial charge on any atom is -0.396 e. The molecular weight excluding hydrogens is 176 g/mol. The lowest BCUT2D eigenvalue weighted by molar-refractivity contribution is 0.300. The van der Waals surface area contributed by atoms with Gasteiger partial charge < -0.3 is 5.11 Å². The van der Waals surface area contributed by atoms with E-state index in [1.807, 2.05) is 0 Å². The standard InChI is InChI=1S/C11H24OSi/c1-5-6-7-8-9-11(10-12)13(2,3)4/h8-9,11-12H,5-7,10H2,1-4H3/b9-8+/t11-/m1/s1. The predicted octanol–water partition coefficient (Wildman–Crippen LogP) is 3.43. The first-order chi connectivity index (χ1) is 6.02. The van der Waals surface area contributed by atoms with Crippen molar-refractivity contribution in [3.8, 4) is 0 Å². The molecule has 0 aromatic carbocycles. The lowest BCUT2D eigenvalue weighted by atomic mass is 10.2. The Labute approximate surface area is 83.9 Å². The summed E-state index contributed by atoms with van der Waals surface area (Å²) in [4.78, 5) is 0. The van der Waals surface area contributed by atoms with Crippen molar-refractivity contribution in [2.75, 3.05) is 6.61 Å². The first-order valence-electron chi connectivity index (χ1n) is 5.30. The number of hydrogen-bond donors (Lipinski definition) is 1. The fourth-order valence-electron chi connectivity index (χ4n) is 1.21. The van der Waals surface area contributed by atoms with Gasteiger partial charge in [-0.1, -0.05) is 51.6 Å². The molecule has 0 unspecified atom stereocenters. The second kappa shape index (κ2) is 6.38. The molecule has 0 rings (SSSR count). The Hall–Kier alpha value is -0.0831. The molecule has 1 N–H and O–H groups in total. The molecule has 1 atom stereocenters. The first kappa shape index (κ1) is 12.9. The van der Waals surface area contributed by atoms with Crippen molar-refractivity contribution in [3.05, 3.63) is 12.2 Å². The lowest BCUT2D eigenvalue weighted by Gasteiger charge is -2.23. The maximum Gasteiger partial charge on any atom is 0.0542 e. The van der Waals surface area contributed by atoms with Crippen LogP contribution in [0.2, 0.25) is 25.2 Å². The molecule has 0 saturated heterocycles. The Bertz CT molecular complexity index is 147. The van der Waals surface area contributed by atoms with Crippen molar-refractivity contribution < 1.29 is 5.11 Å². The van der Waals surface area contributed by atoms with Gasteiger partial charge in [0.1, 0.15) is 0 Å². The van der Waals surface area contributed by atoms with Crippen LogP contribution in [0.3, 0.4) is 0 Å². The fraction of sp³-hybridized carbons (Fsp3) is 0.818. The van der Waals surface area contributed by atoms with Crippen LogP contribution in [0.15, 0.2) is 12.2 Å². The molecule has 13 heavy (non-hydrogen) atoms. The number of rotatable bonds is 6. The van der Waals surface area contributed by atoms with Crippen LogP contribution >= 0.6 is 0 Å². The third-order valence-electron chi connectivity index (χ3n) is 2.40. The van der Waals surface area contributed by atoms with Crippen LogP contribution in [-0.2, 0) is 0 Å². The highest BCUT2D eigenvalue weighted by Crippen LogP contribution is 2.22. The second-order valence-corrected chi connectivity index (χ2v) is 10.2.